The molecule has 0 aliphatic carbocycles. The molecule has 0 aromatic heterocycles. The molecule has 0 unspecified atom stereocenters. The van der Waals surface area contributed by atoms with E-state index in [9.17, 15) is 0 Å². The second-order valence-electron chi connectivity index (χ2n) is 3.76. The fourth-order valence-electron chi connectivity index (χ4n) is 1.45. The van der Waals surface area contributed by atoms with Crippen molar-refractivity contribution in [3.63, 3.8) is 0 Å². The zero-order valence-corrected chi connectivity index (χ0v) is 10.7. The van der Waals surface area contributed by atoms with Crippen molar-refractivity contribution >= 4 is 8.56 Å². The molecular weight excluding hydrogens is 180 g/mol. The molecule has 0 spiro atoms. The van der Waals surface area contributed by atoms with Crippen LogP contribution in [0.15, 0.2) is 0 Å². The summed E-state index contributed by atoms with van der Waals surface area (Å²) in [4.78, 5) is 0. The van der Waals surface area contributed by atoms with Crippen LogP contribution in [0.25, 0.3) is 0 Å². The lowest BCUT2D eigenvalue weighted by Gasteiger charge is -2.24. The summed E-state index contributed by atoms with van der Waals surface area (Å²) in [5.74, 6) is 0.845. The molecule has 0 saturated carbocycles. The normalized spacial score (nSPS) is 12.5. The van der Waals surface area contributed by atoms with Crippen molar-refractivity contribution in [3.8, 4) is 0 Å². The minimum atomic E-state index is -1.79. The number of hydrogen-bond donors (Lipinski definition) is 0. The molecule has 2 nitrogen and oxygen atoms in total. The molecule has 80 valence electrons. The molecular formula is C10H24O2Si. The summed E-state index contributed by atoms with van der Waals surface area (Å²) in [6.07, 6.45) is 3.79. The van der Waals surface area contributed by atoms with E-state index in [0.29, 0.717) is 0 Å². The van der Waals surface area contributed by atoms with Gasteiger partial charge in [0.2, 0.25) is 0 Å². The van der Waals surface area contributed by atoms with Crippen LogP contribution in [0.4, 0.5) is 0 Å². The van der Waals surface area contributed by atoms with Gasteiger partial charge in [-0.3, -0.25) is 0 Å². The standard InChI is InChI=1S/C10H24O2Si/c1-6-10(7-2)8-9-13(5,11-3)12-4/h10H,6-9H2,1-5H3. The van der Waals surface area contributed by atoms with E-state index in [-0.39, 0.29) is 0 Å². The van der Waals surface area contributed by atoms with Gasteiger partial charge < -0.3 is 8.85 Å². The van der Waals surface area contributed by atoms with Gasteiger partial charge in [0, 0.05) is 14.2 Å². The Balaban J connectivity index is 3.83. The topological polar surface area (TPSA) is 18.5 Å². The third-order valence-electron chi connectivity index (χ3n) is 3.03. The lowest BCUT2D eigenvalue weighted by Crippen LogP contribution is -2.36. The molecule has 0 aromatic carbocycles. The number of hydrogen-bond acceptors (Lipinski definition) is 2. The summed E-state index contributed by atoms with van der Waals surface area (Å²) in [7, 11) is 1.74. The third kappa shape index (κ3) is 4.79. The highest BCUT2D eigenvalue weighted by molar-refractivity contribution is 6.65. The zero-order valence-electron chi connectivity index (χ0n) is 9.72. The zero-order chi connectivity index (χ0) is 10.3. The highest BCUT2D eigenvalue weighted by Crippen LogP contribution is 2.21. The Morgan fingerprint density at radius 2 is 1.54 bits per heavy atom. The van der Waals surface area contributed by atoms with E-state index in [0.717, 1.165) is 12.0 Å². The predicted octanol–water partition coefficient (Wildman–Crippen LogP) is 3.18. The monoisotopic (exact) mass is 204 g/mol. The van der Waals surface area contributed by atoms with Crippen LogP contribution in [0.5, 0.6) is 0 Å². The highest BCUT2D eigenvalue weighted by atomic mass is 28.4. The largest absolute Gasteiger partial charge is 0.398 e. The van der Waals surface area contributed by atoms with Gasteiger partial charge in [-0.15, -0.1) is 0 Å². The lowest BCUT2D eigenvalue weighted by molar-refractivity contribution is 0.244. The average molecular weight is 204 g/mol. The van der Waals surface area contributed by atoms with Gasteiger partial charge in [-0.05, 0) is 24.9 Å². The summed E-state index contributed by atoms with van der Waals surface area (Å²) in [5.41, 5.74) is 0. The first-order valence-corrected chi connectivity index (χ1v) is 7.74. The van der Waals surface area contributed by atoms with E-state index >= 15 is 0 Å². The molecule has 0 rings (SSSR count). The van der Waals surface area contributed by atoms with Crippen molar-refractivity contribution in [2.24, 2.45) is 5.92 Å². The summed E-state index contributed by atoms with van der Waals surface area (Å²) in [5, 5.41) is 0. The molecule has 3 heteroatoms. The number of rotatable bonds is 7. The van der Waals surface area contributed by atoms with E-state index in [2.05, 4.69) is 20.4 Å². The molecule has 0 aromatic rings. The van der Waals surface area contributed by atoms with Gasteiger partial charge in [-0.2, -0.15) is 0 Å². The van der Waals surface area contributed by atoms with Crippen molar-refractivity contribution in [2.45, 2.75) is 45.7 Å². The Bertz CT molecular complexity index is 120. The van der Waals surface area contributed by atoms with Crippen LogP contribution in [0.3, 0.4) is 0 Å². The summed E-state index contributed by atoms with van der Waals surface area (Å²) in [6, 6.07) is 1.12. The van der Waals surface area contributed by atoms with E-state index in [1.165, 1.54) is 19.3 Å². The summed E-state index contributed by atoms with van der Waals surface area (Å²) in [6.45, 7) is 6.65. The molecule has 0 saturated heterocycles. The Labute approximate surface area is 83.9 Å². The van der Waals surface area contributed by atoms with Crippen LogP contribution in [0, 0.1) is 5.92 Å². The molecule has 0 N–H and O–H groups in total. The minimum Gasteiger partial charge on any atom is -0.398 e. The molecule has 13 heavy (non-hydrogen) atoms. The van der Waals surface area contributed by atoms with Crippen molar-refractivity contribution < 1.29 is 8.85 Å². The van der Waals surface area contributed by atoms with Crippen molar-refractivity contribution in [3.05, 3.63) is 0 Å². The van der Waals surface area contributed by atoms with Gasteiger partial charge in [-0.1, -0.05) is 26.7 Å². The molecule has 0 aliphatic rings. The second-order valence-corrected chi connectivity index (χ2v) is 7.35. The van der Waals surface area contributed by atoms with Crippen LogP contribution >= 0.6 is 0 Å². The Morgan fingerprint density at radius 1 is 1.08 bits per heavy atom. The van der Waals surface area contributed by atoms with Gasteiger partial charge in [0.1, 0.15) is 0 Å². The smallest absolute Gasteiger partial charge is 0.334 e. The summed E-state index contributed by atoms with van der Waals surface area (Å²) < 4.78 is 10.9. The first kappa shape index (κ1) is 13.1. The van der Waals surface area contributed by atoms with E-state index in [1.807, 2.05) is 0 Å². The van der Waals surface area contributed by atoms with Crippen molar-refractivity contribution in [2.75, 3.05) is 14.2 Å². The van der Waals surface area contributed by atoms with Crippen molar-refractivity contribution in [1.82, 2.24) is 0 Å². The minimum absolute atomic E-state index is 0.845. The molecule has 0 fully saturated rings. The molecule has 0 heterocycles. The quantitative estimate of drug-likeness (QED) is 0.593. The Kier molecular flexibility index (Phi) is 6.64. The van der Waals surface area contributed by atoms with Crippen molar-refractivity contribution in [1.29, 1.82) is 0 Å². The van der Waals surface area contributed by atoms with Gasteiger partial charge in [0.25, 0.3) is 0 Å². The average Bonchev–Trinajstić information content (AvgIpc) is 2.19. The molecule has 0 bridgehead atoms. The van der Waals surface area contributed by atoms with Gasteiger partial charge in [0.15, 0.2) is 0 Å². The first-order chi connectivity index (χ1) is 6.11. The lowest BCUT2D eigenvalue weighted by atomic mass is 10.0. The molecule has 0 aliphatic heterocycles. The summed E-state index contributed by atoms with van der Waals surface area (Å²) >= 11 is 0. The van der Waals surface area contributed by atoms with Crippen LogP contribution in [0.1, 0.15) is 33.1 Å². The van der Waals surface area contributed by atoms with Gasteiger partial charge in [-0.25, -0.2) is 0 Å². The highest BCUT2D eigenvalue weighted by Gasteiger charge is 2.28. The Hall–Kier alpha value is 0.137. The molecule has 0 radical (unpaired) electrons. The van der Waals surface area contributed by atoms with E-state index in [1.54, 1.807) is 14.2 Å². The van der Waals surface area contributed by atoms with Gasteiger partial charge in [0.05, 0.1) is 0 Å². The maximum Gasteiger partial charge on any atom is 0.334 e. The fourth-order valence-corrected chi connectivity index (χ4v) is 2.96. The molecule has 0 amide bonds. The van der Waals surface area contributed by atoms with Crippen LogP contribution in [-0.2, 0) is 8.85 Å². The van der Waals surface area contributed by atoms with E-state index in [4.69, 9.17) is 8.85 Å². The van der Waals surface area contributed by atoms with E-state index < -0.39 is 8.56 Å². The first-order valence-electron chi connectivity index (χ1n) is 5.22. The maximum atomic E-state index is 5.44. The predicted molar refractivity (Wildman–Crippen MR) is 59.1 cm³/mol. The molecule has 0 atom stereocenters. The SMILES string of the molecule is CCC(CC)CC[Si](C)(OC)OC. The third-order valence-corrected chi connectivity index (χ3v) is 5.95. The fraction of sp³-hybridized carbons (Fsp3) is 1.00. The van der Waals surface area contributed by atoms with Gasteiger partial charge >= 0.3 is 8.56 Å². The van der Waals surface area contributed by atoms with Crippen LogP contribution < -0.4 is 0 Å². The van der Waals surface area contributed by atoms with Crippen LogP contribution in [-0.4, -0.2) is 22.8 Å². The Morgan fingerprint density at radius 3 is 1.85 bits per heavy atom. The maximum absolute atomic E-state index is 5.44. The van der Waals surface area contributed by atoms with Crippen LogP contribution in [0.2, 0.25) is 12.6 Å². The second kappa shape index (κ2) is 6.57.